The Morgan fingerprint density at radius 2 is 1.75 bits per heavy atom. The Morgan fingerprint density at radius 1 is 1.07 bits per heavy atom. The average molecular weight is 564 g/mol. The molecule has 40 heavy (non-hydrogen) atoms. The third-order valence-electron chi connectivity index (χ3n) is 5.44. The molecule has 0 radical (unpaired) electrons. The molecule has 0 bridgehead atoms. The number of carbonyl (C=O) groups excluding carboxylic acids is 2. The molecule has 1 aromatic heterocycles. The van der Waals surface area contributed by atoms with Gasteiger partial charge in [-0.15, -0.1) is 0 Å². The first-order chi connectivity index (χ1) is 18.9. The molecule has 212 valence electrons. The number of aromatic nitrogens is 2. The molecule has 0 atom stereocenters. The zero-order valence-electron chi connectivity index (χ0n) is 20.8. The van der Waals surface area contributed by atoms with Crippen LogP contribution in [0.3, 0.4) is 0 Å². The number of halogens is 3. The summed E-state index contributed by atoms with van der Waals surface area (Å²) in [5.41, 5.74) is 0.0557. The number of likely N-dealkylation sites (tertiary alicyclic amines) is 1. The third kappa shape index (κ3) is 7.86. The molecular formula is C25H23F3N4O8. The molecule has 0 saturated carbocycles. The molecule has 1 aliphatic rings. The Morgan fingerprint density at radius 3 is 2.38 bits per heavy atom. The highest BCUT2D eigenvalue weighted by Crippen LogP contribution is 2.32. The van der Waals surface area contributed by atoms with Crippen molar-refractivity contribution in [2.24, 2.45) is 0 Å². The predicted molar refractivity (Wildman–Crippen MR) is 130 cm³/mol. The number of benzene rings is 2. The van der Waals surface area contributed by atoms with Crippen molar-refractivity contribution in [3.05, 3.63) is 65.5 Å². The van der Waals surface area contributed by atoms with Crippen LogP contribution in [-0.2, 0) is 25.3 Å². The number of aliphatic carboxylic acids is 2. The van der Waals surface area contributed by atoms with E-state index in [9.17, 15) is 22.8 Å². The minimum absolute atomic E-state index is 0.0767. The number of carboxylic acid groups (broad SMARTS) is 2. The highest BCUT2D eigenvalue weighted by Gasteiger charge is 2.34. The van der Waals surface area contributed by atoms with E-state index in [1.54, 1.807) is 31.2 Å². The highest BCUT2D eigenvalue weighted by molar-refractivity contribution is 6.27. The molecule has 0 unspecified atom stereocenters. The van der Waals surface area contributed by atoms with Crippen LogP contribution in [0, 0.1) is 0 Å². The van der Waals surface area contributed by atoms with E-state index in [1.807, 2.05) is 4.90 Å². The highest BCUT2D eigenvalue weighted by atomic mass is 19.4. The second-order valence-corrected chi connectivity index (χ2v) is 8.35. The molecule has 4 rings (SSSR count). The number of hydrogen-bond acceptors (Lipinski definition) is 9. The fourth-order valence-corrected chi connectivity index (χ4v) is 3.58. The van der Waals surface area contributed by atoms with Crippen LogP contribution >= 0.6 is 0 Å². The molecule has 1 aliphatic heterocycles. The lowest BCUT2D eigenvalue weighted by Gasteiger charge is -2.36. The van der Waals surface area contributed by atoms with Crippen LogP contribution in [0.4, 0.5) is 18.9 Å². The number of carboxylic acids is 2. The molecule has 15 heteroatoms. The van der Waals surface area contributed by atoms with Crippen LogP contribution in [0.5, 0.6) is 0 Å². The van der Waals surface area contributed by atoms with Gasteiger partial charge in [-0.2, -0.15) is 18.2 Å². The minimum Gasteiger partial charge on any atom is -0.473 e. The lowest BCUT2D eigenvalue weighted by atomic mass is 10.00. The molecule has 1 fully saturated rings. The minimum atomic E-state index is -4.46. The monoisotopic (exact) mass is 564 g/mol. The lowest BCUT2D eigenvalue weighted by molar-refractivity contribution is -0.159. The molecule has 3 N–H and O–H groups in total. The number of alkyl halides is 3. The maximum absolute atomic E-state index is 12.9. The van der Waals surface area contributed by atoms with Gasteiger partial charge in [-0.3, -0.25) is 9.69 Å². The molecular weight excluding hydrogens is 541 g/mol. The smallest absolute Gasteiger partial charge is 0.416 e. The fraction of sp³-hybridized carbons (Fsp3) is 0.280. The number of amides is 1. The molecule has 3 aromatic rings. The summed E-state index contributed by atoms with van der Waals surface area (Å²) in [5.74, 6) is -4.22. The van der Waals surface area contributed by atoms with Crippen molar-refractivity contribution >= 4 is 29.5 Å². The summed E-state index contributed by atoms with van der Waals surface area (Å²) in [6, 6.07) is 11.3. The summed E-state index contributed by atoms with van der Waals surface area (Å²) in [5, 5.41) is 21.3. The van der Waals surface area contributed by atoms with E-state index in [1.165, 1.54) is 12.1 Å². The van der Waals surface area contributed by atoms with E-state index >= 15 is 0 Å². The maximum atomic E-state index is 12.9. The number of para-hydroxylation sites is 1. The van der Waals surface area contributed by atoms with E-state index < -0.39 is 29.6 Å². The number of hydrogen-bond donors (Lipinski definition) is 3. The van der Waals surface area contributed by atoms with Gasteiger partial charge in [-0.25, -0.2) is 14.4 Å². The zero-order chi connectivity index (χ0) is 29.4. The Bertz CT molecular complexity index is 1370. The third-order valence-corrected chi connectivity index (χ3v) is 5.44. The summed E-state index contributed by atoms with van der Waals surface area (Å²) in [6.07, 6.45) is -4.46. The lowest BCUT2D eigenvalue weighted by Crippen LogP contribution is -2.48. The summed E-state index contributed by atoms with van der Waals surface area (Å²) in [4.78, 5) is 48.8. The van der Waals surface area contributed by atoms with Crippen LogP contribution in [0.15, 0.2) is 53.1 Å². The molecule has 12 nitrogen and oxygen atoms in total. The van der Waals surface area contributed by atoms with Crippen molar-refractivity contribution < 1.29 is 51.8 Å². The Balaban J connectivity index is 0.000000663. The van der Waals surface area contributed by atoms with E-state index in [2.05, 4.69) is 15.5 Å². The summed E-state index contributed by atoms with van der Waals surface area (Å²) in [6.45, 7) is 2.95. The topological polar surface area (TPSA) is 172 Å². The van der Waals surface area contributed by atoms with Gasteiger partial charge >= 0.3 is 24.1 Å². The van der Waals surface area contributed by atoms with E-state index in [0.29, 0.717) is 24.7 Å². The summed E-state index contributed by atoms with van der Waals surface area (Å²) < 4.78 is 49.1. The maximum Gasteiger partial charge on any atom is 0.416 e. The number of anilines is 1. The Kier molecular flexibility index (Phi) is 9.55. The zero-order valence-corrected chi connectivity index (χ0v) is 20.8. The predicted octanol–water partition coefficient (Wildman–Crippen LogP) is 3.13. The number of rotatable bonds is 7. The van der Waals surface area contributed by atoms with Gasteiger partial charge in [0.1, 0.15) is 0 Å². The van der Waals surface area contributed by atoms with Crippen LogP contribution in [-0.4, -0.2) is 75.3 Å². The van der Waals surface area contributed by atoms with E-state index in [4.69, 9.17) is 29.1 Å². The molecule has 0 aliphatic carbocycles. The quantitative estimate of drug-likeness (QED) is 0.284. The van der Waals surface area contributed by atoms with Gasteiger partial charge in [0.05, 0.1) is 35.9 Å². The van der Waals surface area contributed by atoms with Gasteiger partial charge in [0.2, 0.25) is 17.6 Å². The first-order valence-electron chi connectivity index (χ1n) is 11.6. The molecule has 0 spiro atoms. The molecule has 1 saturated heterocycles. The largest absolute Gasteiger partial charge is 0.473 e. The van der Waals surface area contributed by atoms with Gasteiger partial charge in [-0.1, -0.05) is 29.4 Å². The standard InChI is InChI=1S/C23H21F3N4O4.C2H2O4/c1-2-33-22(32)17-8-3-4-9-18(17)27-19(31)13-30-11-15(12-30)21-28-20(29-34-21)14-6-5-7-16(10-14)23(24,25)26;3-1(4)2(5)6/h3-10,15H,2,11-13H2,1H3,(H,27,31);(H,3,4)(H,5,6). The second-order valence-electron chi connectivity index (χ2n) is 8.35. The van der Waals surface area contributed by atoms with Crippen molar-refractivity contribution in [2.45, 2.75) is 19.0 Å². The van der Waals surface area contributed by atoms with Crippen molar-refractivity contribution in [3.63, 3.8) is 0 Å². The number of nitrogens with one attached hydrogen (secondary N) is 1. The molecule has 1 amide bonds. The number of esters is 1. The van der Waals surface area contributed by atoms with Crippen molar-refractivity contribution in [1.29, 1.82) is 0 Å². The van der Waals surface area contributed by atoms with Crippen molar-refractivity contribution in [2.75, 3.05) is 31.6 Å². The second kappa shape index (κ2) is 12.8. The van der Waals surface area contributed by atoms with Gasteiger partial charge in [0.15, 0.2) is 0 Å². The van der Waals surface area contributed by atoms with E-state index in [0.717, 1.165) is 12.1 Å². The summed E-state index contributed by atoms with van der Waals surface area (Å²) in [7, 11) is 0. The van der Waals surface area contributed by atoms with Crippen molar-refractivity contribution in [3.8, 4) is 11.4 Å². The van der Waals surface area contributed by atoms with Crippen LogP contribution in [0.2, 0.25) is 0 Å². The van der Waals surface area contributed by atoms with Gasteiger partial charge in [0.25, 0.3) is 0 Å². The SMILES string of the molecule is CCOC(=O)c1ccccc1NC(=O)CN1CC(c2nc(-c3cccc(C(F)(F)F)c3)no2)C1.O=C(O)C(=O)O. The normalized spacial score (nSPS) is 13.4. The Hall–Kier alpha value is -4.79. The number of nitrogens with zero attached hydrogens (tertiary/aromatic N) is 3. The first-order valence-corrected chi connectivity index (χ1v) is 11.6. The first kappa shape index (κ1) is 29.8. The van der Waals surface area contributed by atoms with Crippen LogP contribution in [0.25, 0.3) is 11.4 Å². The van der Waals surface area contributed by atoms with Crippen LogP contribution in [0.1, 0.15) is 34.7 Å². The number of carbonyl (C=O) groups is 4. The fourth-order valence-electron chi connectivity index (χ4n) is 3.58. The molecule has 2 aromatic carbocycles. The molecule has 2 heterocycles. The van der Waals surface area contributed by atoms with Crippen molar-refractivity contribution in [1.82, 2.24) is 15.0 Å². The Labute approximate surface area is 224 Å². The number of ether oxygens (including phenoxy) is 1. The van der Waals surface area contributed by atoms with Gasteiger partial charge < -0.3 is 24.8 Å². The van der Waals surface area contributed by atoms with Gasteiger partial charge in [0, 0.05) is 18.7 Å². The van der Waals surface area contributed by atoms with E-state index in [-0.39, 0.29) is 41.9 Å². The average Bonchev–Trinajstić information content (AvgIpc) is 3.36. The van der Waals surface area contributed by atoms with Crippen LogP contribution < -0.4 is 5.32 Å². The van der Waals surface area contributed by atoms with Gasteiger partial charge in [-0.05, 0) is 31.2 Å². The summed E-state index contributed by atoms with van der Waals surface area (Å²) >= 11 is 0.